The summed E-state index contributed by atoms with van der Waals surface area (Å²) in [5.74, 6) is 2.50. The molecule has 0 saturated carbocycles. The maximum Gasteiger partial charge on any atom is 0.191 e. The minimum Gasteiger partial charge on any atom is -0.467 e. The Labute approximate surface area is 118 Å². The van der Waals surface area contributed by atoms with Crippen molar-refractivity contribution in [1.82, 2.24) is 15.8 Å². The summed E-state index contributed by atoms with van der Waals surface area (Å²) in [5.41, 5.74) is 2.10. The topological polar surface area (TPSA) is 75.6 Å². The van der Waals surface area contributed by atoms with E-state index < -0.39 is 0 Å². The second-order valence-electron chi connectivity index (χ2n) is 4.48. The molecule has 108 valence electrons. The van der Waals surface area contributed by atoms with Gasteiger partial charge in [0.25, 0.3) is 0 Å². The molecule has 2 aromatic heterocycles. The van der Waals surface area contributed by atoms with Gasteiger partial charge in [-0.25, -0.2) is 0 Å². The van der Waals surface area contributed by atoms with Crippen molar-refractivity contribution in [3.05, 3.63) is 41.2 Å². The molecule has 20 heavy (non-hydrogen) atoms. The van der Waals surface area contributed by atoms with Crippen molar-refractivity contribution in [2.75, 3.05) is 13.6 Å². The Bertz CT molecular complexity index is 538. The molecule has 0 bridgehead atoms. The van der Waals surface area contributed by atoms with E-state index in [1.54, 1.807) is 13.3 Å². The van der Waals surface area contributed by atoms with Gasteiger partial charge in [0.2, 0.25) is 0 Å². The van der Waals surface area contributed by atoms with Gasteiger partial charge in [-0.2, -0.15) is 0 Å². The molecule has 2 heterocycles. The second-order valence-corrected chi connectivity index (χ2v) is 4.48. The lowest BCUT2D eigenvalue weighted by Gasteiger charge is -2.10. The summed E-state index contributed by atoms with van der Waals surface area (Å²) in [5, 5.41) is 10.4. The van der Waals surface area contributed by atoms with E-state index in [0.717, 1.165) is 41.7 Å². The lowest BCUT2D eigenvalue weighted by molar-refractivity contribution is 0.392. The molecule has 2 N–H and O–H groups in total. The predicted molar refractivity (Wildman–Crippen MR) is 76.6 cm³/mol. The monoisotopic (exact) mass is 276 g/mol. The number of guanidine groups is 1. The van der Waals surface area contributed by atoms with Gasteiger partial charge in [-0.3, -0.25) is 4.99 Å². The molecule has 6 nitrogen and oxygen atoms in total. The fourth-order valence-corrected chi connectivity index (χ4v) is 1.97. The quantitative estimate of drug-likeness (QED) is 0.643. The van der Waals surface area contributed by atoms with Crippen LogP contribution in [0.3, 0.4) is 0 Å². The molecule has 2 aromatic rings. The van der Waals surface area contributed by atoms with Crippen LogP contribution in [0, 0.1) is 13.8 Å². The van der Waals surface area contributed by atoms with Gasteiger partial charge in [0, 0.05) is 19.2 Å². The van der Waals surface area contributed by atoms with Gasteiger partial charge in [0.1, 0.15) is 11.5 Å². The molecule has 0 saturated heterocycles. The minimum absolute atomic E-state index is 0.609. The summed E-state index contributed by atoms with van der Waals surface area (Å²) < 4.78 is 10.4. The third-order valence-electron chi connectivity index (χ3n) is 3.08. The highest BCUT2D eigenvalue weighted by molar-refractivity contribution is 5.79. The molecule has 0 aliphatic rings. The minimum atomic E-state index is 0.609. The molecule has 0 spiro atoms. The van der Waals surface area contributed by atoms with Crippen LogP contribution in [0.4, 0.5) is 0 Å². The molecule has 0 radical (unpaired) electrons. The average molecular weight is 276 g/mol. The van der Waals surface area contributed by atoms with Gasteiger partial charge in [0.15, 0.2) is 5.96 Å². The molecular weight excluding hydrogens is 256 g/mol. The average Bonchev–Trinajstić information content (AvgIpc) is 3.06. The standard InChI is InChI=1S/C14H20N4O2/c1-10-13(11(2)20-18-10)6-7-16-14(15-3)17-9-12-5-4-8-19-12/h4-5,8H,6-7,9H2,1-3H3,(H2,15,16,17). The SMILES string of the molecule is CN=C(NCCc1c(C)noc1C)NCc1ccco1. The molecule has 0 amide bonds. The molecular formula is C14H20N4O2. The highest BCUT2D eigenvalue weighted by Gasteiger charge is 2.08. The largest absolute Gasteiger partial charge is 0.467 e. The van der Waals surface area contributed by atoms with Gasteiger partial charge in [-0.05, 0) is 32.4 Å². The first-order valence-electron chi connectivity index (χ1n) is 6.59. The number of rotatable bonds is 5. The van der Waals surface area contributed by atoms with Crippen LogP contribution in [0.1, 0.15) is 22.8 Å². The smallest absolute Gasteiger partial charge is 0.191 e. The Morgan fingerprint density at radius 1 is 1.35 bits per heavy atom. The van der Waals surface area contributed by atoms with E-state index in [2.05, 4.69) is 20.8 Å². The molecule has 6 heteroatoms. The van der Waals surface area contributed by atoms with E-state index in [0.29, 0.717) is 6.54 Å². The summed E-state index contributed by atoms with van der Waals surface area (Å²) in [6, 6.07) is 3.79. The van der Waals surface area contributed by atoms with Crippen molar-refractivity contribution in [1.29, 1.82) is 0 Å². The molecule has 0 aliphatic heterocycles. The summed E-state index contributed by atoms with van der Waals surface area (Å²) in [4.78, 5) is 4.16. The summed E-state index contributed by atoms with van der Waals surface area (Å²) in [6.07, 6.45) is 2.51. The highest BCUT2D eigenvalue weighted by Crippen LogP contribution is 2.11. The summed E-state index contributed by atoms with van der Waals surface area (Å²) in [6.45, 7) is 5.26. The van der Waals surface area contributed by atoms with Crippen LogP contribution in [-0.4, -0.2) is 24.7 Å². The van der Waals surface area contributed by atoms with Crippen LogP contribution in [0.15, 0.2) is 32.3 Å². The fraction of sp³-hybridized carbons (Fsp3) is 0.429. The van der Waals surface area contributed by atoms with Crippen molar-refractivity contribution >= 4 is 5.96 Å². The molecule has 0 fully saturated rings. The molecule has 0 atom stereocenters. The van der Waals surface area contributed by atoms with Crippen molar-refractivity contribution < 1.29 is 8.94 Å². The maximum atomic E-state index is 5.26. The lowest BCUT2D eigenvalue weighted by Crippen LogP contribution is -2.37. The van der Waals surface area contributed by atoms with Gasteiger partial charge in [-0.1, -0.05) is 5.16 Å². The van der Waals surface area contributed by atoms with E-state index in [1.165, 1.54) is 0 Å². The zero-order chi connectivity index (χ0) is 14.4. The predicted octanol–water partition coefficient (Wildman–Crippen LogP) is 1.79. The Kier molecular flexibility index (Phi) is 4.81. The number of aryl methyl sites for hydroxylation is 2. The Balaban J connectivity index is 1.77. The number of aromatic nitrogens is 1. The van der Waals surface area contributed by atoms with Crippen molar-refractivity contribution in [3.63, 3.8) is 0 Å². The van der Waals surface area contributed by atoms with E-state index >= 15 is 0 Å². The third kappa shape index (κ3) is 3.63. The van der Waals surface area contributed by atoms with Crippen LogP contribution in [0.2, 0.25) is 0 Å². The molecule has 0 aliphatic carbocycles. The zero-order valence-corrected chi connectivity index (χ0v) is 12.1. The first-order chi connectivity index (χ1) is 9.70. The van der Waals surface area contributed by atoms with Gasteiger partial charge in [-0.15, -0.1) is 0 Å². The highest BCUT2D eigenvalue weighted by atomic mass is 16.5. The number of aliphatic imine (C=N–C) groups is 1. The zero-order valence-electron chi connectivity index (χ0n) is 12.1. The number of furan rings is 1. The number of hydrogen-bond donors (Lipinski definition) is 2. The Morgan fingerprint density at radius 2 is 2.20 bits per heavy atom. The van der Waals surface area contributed by atoms with Crippen LogP contribution < -0.4 is 10.6 Å². The first kappa shape index (κ1) is 14.2. The lowest BCUT2D eigenvalue weighted by atomic mass is 10.1. The van der Waals surface area contributed by atoms with Gasteiger partial charge >= 0.3 is 0 Å². The molecule has 2 rings (SSSR count). The second kappa shape index (κ2) is 6.79. The Hall–Kier alpha value is -2.24. The van der Waals surface area contributed by atoms with Crippen molar-refractivity contribution in [3.8, 4) is 0 Å². The van der Waals surface area contributed by atoms with Crippen molar-refractivity contribution in [2.45, 2.75) is 26.8 Å². The third-order valence-corrected chi connectivity index (χ3v) is 3.08. The Morgan fingerprint density at radius 3 is 2.80 bits per heavy atom. The van der Waals surface area contributed by atoms with Crippen LogP contribution in [0.25, 0.3) is 0 Å². The number of hydrogen-bond acceptors (Lipinski definition) is 4. The van der Waals surface area contributed by atoms with Crippen LogP contribution in [-0.2, 0) is 13.0 Å². The van der Waals surface area contributed by atoms with Crippen molar-refractivity contribution in [2.24, 2.45) is 4.99 Å². The molecule has 0 aromatic carbocycles. The van der Waals surface area contributed by atoms with Crippen LogP contribution in [0.5, 0.6) is 0 Å². The van der Waals surface area contributed by atoms with E-state index in [1.807, 2.05) is 26.0 Å². The maximum absolute atomic E-state index is 5.26. The van der Waals surface area contributed by atoms with Gasteiger partial charge < -0.3 is 19.6 Å². The van der Waals surface area contributed by atoms with Gasteiger partial charge in [0.05, 0.1) is 18.5 Å². The number of nitrogens with one attached hydrogen (secondary N) is 2. The number of nitrogens with zero attached hydrogens (tertiary/aromatic N) is 2. The van der Waals surface area contributed by atoms with E-state index in [-0.39, 0.29) is 0 Å². The van der Waals surface area contributed by atoms with E-state index in [4.69, 9.17) is 8.94 Å². The molecule has 0 unspecified atom stereocenters. The first-order valence-corrected chi connectivity index (χ1v) is 6.59. The van der Waals surface area contributed by atoms with E-state index in [9.17, 15) is 0 Å². The summed E-state index contributed by atoms with van der Waals surface area (Å²) >= 11 is 0. The fourth-order valence-electron chi connectivity index (χ4n) is 1.97. The normalized spacial score (nSPS) is 11.7. The summed E-state index contributed by atoms with van der Waals surface area (Å²) in [7, 11) is 1.74. The van der Waals surface area contributed by atoms with Crippen LogP contribution >= 0.6 is 0 Å².